The molecule has 2 aliphatic heterocycles. The van der Waals surface area contributed by atoms with E-state index in [1.54, 1.807) is 7.11 Å². The molecular formula is C26H37N7O3. The van der Waals surface area contributed by atoms with E-state index in [1.807, 2.05) is 15.8 Å². The molecule has 1 aromatic carbocycles. The van der Waals surface area contributed by atoms with E-state index in [-0.39, 0.29) is 12.6 Å². The molecule has 194 valence electrons. The lowest BCUT2D eigenvalue weighted by atomic mass is 10.0. The maximum atomic E-state index is 9.59. The van der Waals surface area contributed by atoms with Gasteiger partial charge >= 0.3 is 0 Å². The van der Waals surface area contributed by atoms with Crippen LogP contribution in [0.4, 0.5) is 11.8 Å². The SMILES string of the molecule is CCCCN(CCO)c1nc(N)nc2cn(Cc3ccc(CN4C[C@H]5COC[C@H]5C4)cc3OC)nc12. The summed E-state index contributed by atoms with van der Waals surface area (Å²) in [4.78, 5) is 13.4. The number of fused-ring (bicyclic) bond motifs is 2. The lowest BCUT2D eigenvalue weighted by Gasteiger charge is -2.22. The number of hydrogen-bond donors (Lipinski definition) is 2. The highest BCUT2D eigenvalue weighted by Crippen LogP contribution is 2.31. The van der Waals surface area contributed by atoms with Crippen LogP contribution >= 0.6 is 0 Å². The molecule has 5 rings (SSSR count). The van der Waals surface area contributed by atoms with Crippen molar-refractivity contribution in [2.24, 2.45) is 11.8 Å². The van der Waals surface area contributed by atoms with Crippen molar-refractivity contribution in [3.63, 3.8) is 0 Å². The Hall–Kier alpha value is -2.95. The summed E-state index contributed by atoms with van der Waals surface area (Å²) in [5.41, 5.74) is 9.70. The number of unbranched alkanes of at least 4 members (excludes halogenated alkanes) is 1. The zero-order valence-corrected chi connectivity index (χ0v) is 21.3. The van der Waals surface area contributed by atoms with E-state index >= 15 is 0 Å². The zero-order valence-electron chi connectivity index (χ0n) is 21.3. The fraction of sp³-hybridized carbons (Fsp3) is 0.577. The average Bonchev–Trinajstić information content (AvgIpc) is 3.57. The first-order valence-electron chi connectivity index (χ1n) is 12.9. The Morgan fingerprint density at radius 3 is 2.69 bits per heavy atom. The van der Waals surface area contributed by atoms with Gasteiger partial charge in [-0.3, -0.25) is 9.58 Å². The number of nitrogens with two attached hydrogens (primary N) is 1. The normalized spacial score (nSPS) is 19.8. The molecule has 2 aromatic heterocycles. The zero-order chi connectivity index (χ0) is 25.1. The van der Waals surface area contributed by atoms with Gasteiger partial charge in [-0.05, 0) is 18.1 Å². The van der Waals surface area contributed by atoms with Crippen LogP contribution in [0.5, 0.6) is 5.75 Å². The van der Waals surface area contributed by atoms with E-state index in [0.29, 0.717) is 41.8 Å². The third kappa shape index (κ3) is 5.25. The van der Waals surface area contributed by atoms with E-state index in [2.05, 4.69) is 40.0 Å². The van der Waals surface area contributed by atoms with Gasteiger partial charge in [-0.1, -0.05) is 25.5 Å². The fourth-order valence-corrected chi connectivity index (χ4v) is 5.42. The Balaban J connectivity index is 1.35. The molecule has 36 heavy (non-hydrogen) atoms. The van der Waals surface area contributed by atoms with Crippen LogP contribution < -0.4 is 15.4 Å². The highest BCUT2D eigenvalue weighted by molar-refractivity contribution is 5.86. The summed E-state index contributed by atoms with van der Waals surface area (Å²) in [6, 6.07) is 6.45. The van der Waals surface area contributed by atoms with Crippen molar-refractivity contribution in [2.75, 3.05) is 63.7 Å². The second-order valence-electron chi connectivity index (χ2n) is 9.93. The van der Waals surface area contributed by atoms with Crippen molar-refractivity contribution in [1.82, 2.24) is 24.6 Å². The Morgan fingerprint density at radius 2 is 1.97 bits per heavy atom. The van der Waals surface area contributed by atoms with Crippen molar-refractivity contribution < 1.29 is 14.6 Å². The molecule has 2 aliphatic rings. The largest absolute Gasteiger partial charge is 0.496 e. The van der Waals surface area contributed by atoms with E-state index in [4.69, 9.17) is 20.3 Å². The van der Waals surface area contributed by atoms with Crippen molar-refractivity contribution in [2.45, 2.75) is 32.9 Å². The number of aliphatic hydroxyl groups is 1. The molecular weight excluding hydrogens is 458 g/mol. The molecule has 0 spiro atoms. The molecule has 10 heteroatoms. The first-order valence-corrected chi connectivity index (χ1v) is 12.9. The standard InChI is InChI=1S/C26H37N7O3/c1-3-4-7-32(8-9-34)25-24-22(28-26(27)29-25)15-33(30-24)14-19-6-5-18(10-23(19)35-2)11-31-12-20-16-36-17-21(20)13-31/h5-6,10,15,20-21,34H,3-4,7-9,11-14,16-17H2,1-2H3,(H2,27,28)/t20-,21+. The number of hydrogen-bond acceptors (Lipinski definition) is 9. The second-order valence-corrected chi connectivity index (χ2v) is 9.93. The quantitative estimate of drug-likeness (QED) is 0.413. The number of methoxy groups -OCH3 is 1. The summed E-state index contributed by atoms with van der Waals surface area (Å²) in [5.74, 6) is 3.08. The van der Waals surface area contributed by atoms with Gasteiger partial charge in [0, 0.05) is 50.1 Å². The fourth-order valence-electron chi connectivity index (χ4n) is 5.42. The molecule has 0 unspecified atom stereocenters. The number of aromatic nitrogens is 4. The van der Waals surface area contributed by atoms with Gasteiger partial charge in [-0.25, -0.2) is 4.98 Å². The van der Waals surface area contributed by atoms with Crippen LogP contribution in [0.15, 0.2) is 24.4 Å². The summed E-state index contributed by atoms with van der Waals surface area (Å²) in [5, 5.41) is 14.4. The Bertz CT molecular complexity index is 1170. The smallest absolute Gasteiger partial charge is 0.222 e. The van der Waals surface area contributed by atoms with E-state index in [1.165, 1.54) is 5.56 Å². The maximum Gasteiger partial charge on any atom is 0.222 e. The van der Waals surface area contributed by atoms with Crippen molar-refractivity contribution in [1.29, 1.82) is 0 Å². The molecule has 0 bridgehead atoms. The van der Waals surface area contributed by atoms with Gasteiger partial charge in [0.2, 0.25) is 5.95 Å². The lowest BCUT2D eigenvalue weighted by Crippen LogP contribution is -2.29. The van der Waals surface area contributed by atoms with Crippen LogP contribution in [0.25, 0.3) is 11.0 Å². The summed E-state index contributed by atoms with van der Waals surface area (Å²) in [7, 11) is 1.71. The van der Waals surface area contributed by atoms with Crippen LogP contribution in [0.3, 0.4) is 0 Å². The minimum Gasteiger partial charge on any atom is -0.496 e. The molecule has 0 radical (unpaired) electrons. The van der Waals surface area contributed by atoms with Crippen LogP contribution in [0.2, 0.25) is 0 Å². The van der Waals surface area contributed by atoms with Crippen LogP contribution in [0.1, 0.15) is 30.9 Å². The predicted octanol–water partition coefficient (Wildman–Crippen LogP) is 2.14. The number of benzene rings is 1. The molecule has 10 nitrogen and oxygen atoms in total. The minimum absolute atomic E-state index is 0.0336. The van der Waals surface area contributed by atoms with Crippen LogP contribution in [0, 0.1) is 11.8 Å². The Morgan fingerprint density at radius 1 is 1.17 bits per heavy atom. The molecule has 2 atom stereocenters. The number of rotatable bonds is 11. The van der Waals surface area contributed by atoms with Crippen molar-refractivity contribution in [3.05, 3.63) is 35.5 Å². The maximum absolute atomic E-state index is 9.59. The van der Waals surface area contributed by atoms with Gasteiger partial charge in [-0.15, -0.1) is 0 Å². The van der Waals surface area contributed by atoms with E-state index < -0.39 is 0 Å². The van der Waals surface area contributed by atoms with Crippen LogP contribution in [-0.2, 0) is 17.8 Å². The summed E-state index contributed by atoms with van der Waals surface area (Å²) in [6.45, 7) is 8.89. The lowest BCUT2D eigenvalue weighted by molar-refractivity contribution is 0.153. The predicted molar refractivity (Wildman–Crippen MR) is 139 cm³/mol. The Kier molecular flexibility index (Phi) is 7.54. The molecule has 4 heterocycles. The molecule has 2 fully saturated rings. The van der Waals surface area contributed by atoms with Gasteiger partial charge in [-0.2, -0.15) is 10.1 Å². The molecule has 0 aliphatic carbocycles. The molecule has 3 N–H and O–H groups in total. The molecule has 0 amide bonds. The molecule has 3 aromatic rings. The number of likely N-dealkylation sites (tertiary alicyclic amines) is 1. The Labute approximate surface area is 212 Å². The van der Waals surface area contributed by atoms with Gasteiger partial charge in [0.1, 0.15) is 11.3 Å². The average molecular weight is 496 g/mol. The monoisotopic (exact) mass is 495 g/mol. The summed E-state index contributed by atoms with van der Waals surface area (Å²) in [6.07, 6.45) is 3.93. The van der Waals surface area contributed by atoms with Gasteiger partial charge < -0.3 is 25.2 Å². The minimum atomic E-state index is 0.0336. The second kappa shape index (κ2) is 11.0. The highest BCUT2D eigenvalue weighted by atomic mass is 16.5. The van der Waals surface area contributed by atoms with E-state index in [9.17, 15) is 5.11 Å². The number of anilines is 2. The summed E-state index contributed by atoms with van der Waals surface area (Å²) >= 11 is 0. The van der Waals surface area contributed by atoms with Gasteiger partial charge in [0.15, 0.2) is 11.3 Å². The van der Waals surface area contributed by atoms with Crippen molar-refractivity contribution in [3.8, 4) is 5.75 Å². The third-order valence-corrected chi connectivity index (χ3v) is 7.27. The van der Waals surface area contributed by atoms with Crippen LogP contribution in [-0.4, -0.2) is 82.9 Å². The summed E-state index contributed by atoms with van der Waals surface area (Å²) < 4.78 is 13.2. The number of nitrogen functional groups attached to an aromatic ring is 1. The molecule has 0 saturated carbocycles. The number of aliphatic hydroxyl groups excluding tert-OH is 1. The van der Waals surface area contributed by atoms with Gasteiger partial charge in [0.05, 0.1) is 39.7 Å². The highest BCUT2D eigenvalue weighted by Gasteiger charge is 2.36. The number of nitrogens with zero attached hydrogens (tertiary/aromatic N) is 6. The molecule has 2 saturated heterocycles. The first kappa shape index (κ1) is 24.7. The van der Waals surface area contributed by atoms with E-state index in [0.717, 1.165) is 63.5 Å². The first-order chi connectivity index (χ1) is 17.6. The topological polar surface area (TPSA) is 115 Å². The van der Waals surface area contributed by atoms with Crippen molar-refractivity contribution >= 4 is 22.8 Å². The van der Waals surface area contributed by atoms with Gasteiger partial charge in [0.25, 0.3) is 0 Å². The third-order valence-electron chi connectivity index (χ3n) is 7.27. The number of ether oxygens (including phenoxy) is 2.